The third-order valence-corrected chi connectivity index (χ3v) is 3.15. The van der Waals surface area contributed by atoms with Gasteiger partial charge in [0.05, 0.1) is 5.57 Å². The van der Waals surface area contributed by atoms with Crippen molar-refractivity contribution in [3.63, 3.8) is 0 Å². The van der Waals surface area contributed by atoms with E-state index in [9.17, 15) is 4.79 Å². The highest BCUT2D eigenvalue weighted by atomic mass is 16.5. The monoisotopic (exact) mass is 236 g/mol. The molecule has 0 fully saturated rings. The van der Waals surface area contributed by atoms with E-state index in [1.54, 1.807) is 12.2 Å². The van der Waals surface area contributed by atoms with Gasteiger partial charge in [-0.25, -0.2) is 0 Å². The van der Waals surface area contributed by atoms with Crippen LogP contribution >= 0.6 is 0 Å². The third kappa shape index (κ3) is 1.63. The van der Waals surface area contributed by atoms with Crippen LogP contribution in [0, 0.1) is 0 Å². The fraction of sp³-hybridized carbons (Fsp3) is 0.0625. The van der Waals surface area contributed by atoms with Crippen LogP contribution in [-0.4, -0.2) is 5.78 Å². The zero-order chi connectivity index (χ0) is 12.7. The standard InChI is InChI=1S/C16H12O2/c1-10-3-4-13-9-11(2)18-15-8-6-12(13)5-7-14(15)16(10)17/h3-5,7-9H,1-2,6H2. The summed E-state index contributed by atoms with van der Waals surface area (Å²) in [5, 5.41) is 0. The minimum Gasteiger partial charge on any atom is -0.458 e. The van der Waals surface area contributed by atoms with E-state index in [0.29, 0.717) is 22.7 Å². The van der Waals surface area contributed by atoms with Gasteiger partial charge in [-0.2, -0.15) is 0 Å². The average Bonchev–Trinajstić information content (AvgIpc) is 2.47. The minimum atomic E-state index is -0.106. The van der Waals surface area contributed by atoms with Crippen LogP contribution in [0.3, 0.4) is 0 Å². The molecule has 0 aromatic carbocycles. The highest BCUT2D eigenvalue weighted by molar-refractivity contribution is 6.12. The van der Waals surface area contributed by atoms with E-state index >= 15 is 0 Å². The normalized spacial score (nSPS) is 21.9. The lowest BCUT2D eigenvalue weighted by Crippen LogP contribution is -2.10. The van der Waals surface area contributed by atoms with E-state index in [4.69, 9.17) is 4.74 Å². The van der Waals surface area contributed by atoms with Crippen molar-refractivity contribution in [2.75, 3.05) is 0 Å². The molecule has 3 rings (SSSR count). The summed E-state index contributed by atoms with van der Waals surface area (Å²) in [4.78, 5) is 12.2. The molecule has 2 aliphatic carbocycles. The first-order chi connectivity index (χ1) is 8.65. The largest absolute Gasteiger partial charge is 0.458 e. The van der Waals surface area contributed by atoms with E-state index in [-0.39, 0.29) is 5.78 Å². The number of fused-ring (bicyclic) bond motifs is 3. The lowest BCUT2D eigenvalue weighted by molar-refractivity contribution is -0.112. The molecule has 2 heteroatoms. The quantitative estimate of drug-likeness (QED) is 0.603. The highest BCUT2D eigenvalue weighted by Crippen LogP contribution is 2.32. The summed E-state index contributed by atoms with van der Waals surface area (Å²) < 4.78 is 5.64. The molecule has 88 valence electrons. The molecule has 0 unspecified atom stereocenters. The maximum Gasteiger partial charge on any atom is 0.196 e. The number of allylic oxidation sites excluding steroid dienone is 10. The van der Waals surface area contributed by atoms with Gasteiger partial charge in [0.25, 0.3) is 0 Å². The van der Waals surface area contributed by atoms with Gasteiger partial charge in [-0.3, -0.25) is 4.79 Å². The molecule has 1 aliphatic heterocycles. The van der Waals surface area contributed by atoms with Gasteiger partial charge in [0.2, 0.25) is 0 Å². The minimum absolute atomic E-state index is 0.106. The summed E-state index contributed by atoms with van der Waals surface area (Å²) in [6, 6.07) is 0. The van der Waals surface area contributed by atoms with Gasteiger partial charge in [-0.15, -0.1) is 0 Å². The second kappa shape index (κ2) is 3.84. The molecule has 0 atom stereocenters. The summed E-state index contributed by atoms with van der Waals surface area (Å²) in [6.07, 6.45) is 12.0. The van der Waals surface area contributed by atoms with E-state index in [0.717, 1.165) is 17.6 Å². The Kier molecular flexibility index (Phi) is 2.30. The number of rotatable bonds is 0. The Balaban J connectivity index is 2.32. The molecular formula is C16H12O2. The maximum absolute atomic E-state index is 12.2. The average molecular weight is 236 g/mol. The summed E-state index contributed by atoms with van der Waals surface area (Å²) in [6.45, 7) is 7.65. The first kappa shape index (κ1) is 10.8. The first-order valence-electron chi connectivity index (χ1n) is 5.77. The van der Waals surface area contributed by atoms with Gasteiger partial charge < -0.3 is 4.74 Å². The predicted molar refractivity (Wildman–Crippen MR) is 70.5 cm³/mol. The van der Waals surface area contributed by atoms with Crippen LogP contribution in [0.15, 0.2) is 83.4 Å². The van der Waals surface area contributed by atoms with Crippen LogP contribution in [0.1, 0.15) is 6.42 Å². The lowest BCUT2D eigenvalue weighted by atomic mass is 9.97. The summed E-state index contributed by atoms with van der Waals surface area (Å²) in [5.41, 5.74) is 3.15. The molecule has 0 saturated carbocycles. The lowest BCUT2D eigenvalue weighted by Gasteiger charge is -2.17. The Morgan fingerprint density at radius 2 is 2.00 bits per heavy atom. The van der Waals surface area contributed by atoms with Crippen molar-refractivity contribution in [1.29, 1.82) is 0 Å². The Labute approximate surface area is 106 Å². The van der Waals surface area contributed by atoms with Crippen LogP contribution in [0.4, 0.5) is 0 Å². The van der Waals surface area contributed by atoms with Crippen LogP contribution < -0.4 is 0 Å². The van der Waals surface area contributed by atoms with Gasteiger partial charge in [-0.1, -0.05) is 31.4 Å². The maximum atomic E-state index is 12.2. The molecule has 0 aromatic rings. The zero-order valence-corrected chi connectivity index (χ0v) is 9.90. The second-order valence-corrected chi connectivity index (χ2v) is 4.40. The van der Waals surface area contributed by atoms with Crippen molar-refractivity contribution in [3.8, 4) is 0 Å². The molecule has 0 spiro atoms. The second-order valence-electron chi connectivity index (χ2n) is 4.40. The topological polar surface area (TPSA) is 26.3 Å². The number of Topliss-reactive ketones (excluding diaryl/α,β-unsaturated/α-hetero) is 1. The number of carbonyl (C=O) groups is 1. The van der Waals surface area contributed by atoms with Gasteiger partial charge >= 0.3 is 0 Å². The van der Waals surface area contributed by atoms with Gasteiger partial charge in [0.1, 0.15) is 11.5 Å². The first-order valence-corrected chi connectivity index (χ1v) is 5.77. The smallest absolute Gasteiger partial charge is 0.196 e. The molecule has 0 aromatic heterocycles. The van der Waals surface area contributed by atoms with E-state index in [1.165, 1.54) is 0 Å². The number of ketones is 1. The summed E-state index contributed by atoms with van der Waals surface area (Å²) in [5.74, 6) is 1.01. The van der Waals surface area contributed by atoms with Crippen molar-refractivity contribution < 1.29 is 9.53 Å². The van der Waals surface area contributed by atoms with Crippen LogP contribution in [0.5, 0.6) is 0 Å². The van der Waals surface area contributed by atoms with Crippen LogP contribution in [0.25, 0.3) is 0 Å². The Morgan fingerprint density at radius 1 is 1.17 bits per heavy atom. The van der Waals surface area contributed by atoms with E-state index < -0.39 is 0 Å². The van der Waals surface area contributed by atoms with E-state index in [2.05, 4.69) is 13.2 Å². The Morgan fingerprint density at radius 3 is 2.83 bits per heavy atom. The molecule has 3 bridgehead atoms. The van der Waals surface area contributed by atoms with Crippen molar-refractivity contribution in [2.24, 2.45) is 0 Å². The van der Waals surface area contributed by atoms with Crippen molar-refractivity contribution in [3.05, 3.63) is 83.4 Å². The summed E-state index contributed by atoms with van der Waals surface area (Å²) >= 11 is 0. The number of carbonyl (C=O) groups excluding carboxylic acids is 1. The SMILES string of the molecule is C=C1C=C2C=CC(=C)C(=O)C3=CC=C2CC=C3O1. The molecular weight excluding hydrogens is 224 g/mol. The third-order valence-electron chi connectivity index (χ3n) is 3.15. The molecule has 2 nitrogen and oxygen atoms in total. The van der Waals surface area contributed by atoms with Crippen molar-refractivity contribution in [2.45, 2.75) is 6.42 Å². The fourth-order valence-corrected chi connectivity index (χ4v) is 2.18. The number of hydrogen-bond donors (Lipinski definition) is 0. The van der Waals surface area contributed by atoms with Gasteiger partial charge in [-0.05, 0) is 35.8 Å². The predicted octanol–water partition coefficient (Wildman–Crippen LogP) is 3.29. The van der Waals surface area contributed by atoms with Crippen molar-refractivity contribution in [1.82, 2.24) is 0 Å². The number of hydrogen-bond acceptors (Lipinski definition) is 2. The zero-order valence-electron chi connectivity index (χ0n) is 9.90. The molecule has 1 heterocycles. The molecule has 0 amide bonds. The number of ether oxygens (including phenoxy) is 1. The Bertz CT molecular complexity index is 634. The van der Waals surface area contributed by atoms with E-state index in [1.807, 2.05) is 24.3 Å². The van der Waals surface area contributed by atoms with Gasteiger partial charge in [0, 0.05) is 5.57 Å². The van der Waals surface area contributed by atoms with Crippen LogP contribution in [-0.2, 0) is 9.53 Å². The molecule has 18 heavy (non-hydrogen) atoms. The Hall–Kier alpha value is -2.35. The molecule has 0 N–H and O–H groups in total. The fourth-order valence-electron chi connectivity index (χ4n) is 2.18. The summed E-state index contributed by atoms with van der Waals surface area (Å²) in [7, 11) is 0. The molecule has 3 aliphatic rings. The highest BCUT2D eigenvalue weighted by Gasteiger charge is 2.23. The molecule has 0 radical (unpaired) electrons. The van der Waals surface area contributed by atoms with Crippen LogP contribution in [0.2, 0.25) is 0 Å². The van der Waals surface area contributed by atoms with Crippen molar-refractivity contribution >= 4 is 5.78 Å². The van der Waals surface area contributed by atoms with Gasteiger partial charge in [0.15, 0.2) is 5.78 Å². The molecule has 0 saturated heterocycles.